The van der Waals surface area contributed by atoms with Crippen LogP contribution >= 0.6 is 0 Å². The molecule has 150 valence electrons. The van der Waals surface area contributed by atoms with Crippen LogP contribution in [0, 0.1) is 0 Å². The number of benzene rings is 1. The van der Waals surface area contributed by atoms with E-state index in [1.807, 2.05) is 12.1 Å². The number of aliphatic imine (C=N–C) groups is 1. The van der Waals surface area contributed by atoms with Crippen LogP contribution in [0.15, 0.2) is 58.3 Å². The number of guanidine groups is 1. The Balaban J connectivity index is 1.55. The minimum atomic E-state index is 0.178. The first kappa shape index (κ1) is 20.0. The average Bonchev–Trinajstić information content (AvgIpc) is 3.40. The highest BCUT2D eigenvalue weighted by molar-refractivity contribution is 5.83. The van der Waals surface area contributed by atoms with E-state index in [2.05, 4.69) is 69.8 Å². The number of aromatic nitrogens is 1. The third-order valence-electron chi connectivity index (χ3n) is 5.17. The molecule has 0 fully saturated rings. The summed E-state index contributed by atoms with van der Waals surface area (Å²) in [5.74, 6) is 1.79. The molecule has 2 heterocycles. The number of nitrogens with one attached hydrogen (secondary N) is 3. The van der Waals surface area contributed by atoms with Crippen molar-refractivity contribution in [2.75, 3.05) is 33.2 Å². The number of H-pyrrole nitrogens is 1. The van der Waals surface area contributed by atoms with Crippen LogP contribution in [0.5, 0.6) is 0 Å². The molecule has 2 aromatic heterocycles. The van der Waals surface area contributed by atoms with Gasteiger partial charge in [0.2, 0.25) is 0 Å². The Labute approximate surface area is 167 Å². The zero-order chi connectivity index (χ0) is 19.8. The van der Waals surface area contributed by atoms with Gasteiger partial charge in [0, 0.05) is 37.2 Å². The second-order valence-corrected chi connectivity index (χ2v) is 6.74. The number of para-hydroxylation sites is 1. The number of nitrogens with zero attached hydrogens (tertiary/aromatic N) is 2. The zero-order valence-corrected chi connectivity index (χ0v) is 17.0. The lowest BCUT2D eigenvalue weighted by atomic mass is 10.1. The molecule has 1 atom stereocenters. The van der Waals surface area contributed by atoms with Crippen LogP contribution in [0.1, 0.15) is 31.2 Å². The lowest BCUT2D eigenvalue weighted by molar-refractivity contribution is 0.193. The molecule has 6 nitrogen and oxygen atoms in total. The van der Waals surface area contributed by atoms with E-state index in [0.717, 1.165) is 44.3 Å². The first-order chi connectivity index (χ1) is 13.8. The van der Waals surface area contributed by atoms with Gasteiger partial charge in [-0.1, -0.05) is 32.0 Å². The van der Waals surface area contributed by atoms with E-state index < -0.39 is 0 Å². The smallest absolute Gasteiger partial charge is 0.191 e. The van der Waals surface area contributed by atoms with Crippen molar-refractivity contribution in [1.82, 2.24) is 20.5 Å². The summed E-state index contributed by atoms with van der Waals surface area (Å²) >= 11 is 0. The summed E-state index contributed by atoms with van der Waals surface area (Å²) in [6.07, 6.45) is 4.76. The fourth-order valence-corrected chi connectivity index (χ4v) is 3.62. The Morgan fingerprint density at radius 1 is 1.14 bits per heavy atom. The fraction of sp³-hybridized carbons (Fsp3) is 0.409. The maximum absolute atomic E-state index is 5.67. The van der Waals surface area contributed by atoms with Crippen molar-refractivity contribution in [1.29, 1.82) is 0 Å². The number of fused-ring (bicyclic) bond motifs is 1. The van der Waals surface area contributed by atoms with E-state index in [1.165, 1.54) is 16.5 Å². The van der Waals surface area contributed by atoms with Gasteiger partial charge < -0.3 is 20.0 Å². The maximum Gasteiger partial charge on any atom is 0.191 e. The first-order valence-electron chi connectivity index (χ1n) is 10.0. The molecule has 0 amide bonds. The van der Waals surface area contributed by atoms with Crippen molar-refractivity contribution in [2.45, 2.75) is 26.3 Å². The van der Waals surface area contributed by atoms with Gasteiger partial charge in [-0.3, -0.25) is 9.89 Å². The van der Waals surface area contributed by atoms with Crippen molar-refractivity contribution in [3.63, 3.8) is 0 Å². The molecule has 3 rings (SSSR count). The van der Waals surface area contributed by atoms with Gasteiger partial charge in [-0.2, -0.15) is 0 Å². The van der Waals surface area contributed by atoms with Crippen LogP contribution in [-0.2, 0) is 6.42 Å². The molecule has 1 unspecified atom stereocenters. The summed E-state index contributed by atoms with van der Waals surface area (Å²) in [6.45, 7) is 7.84. The number of hydrogen-bond donors (Lipinski definition) is 3. The summed E-state index contributed by atoms with van der Waals surface area (Å²) in [4.78, 5) is 10.1. The lowest BCUT2D eigenvalue weighted by Gasteiger charge is -2.28. The molecule has 0 radical (unpaired) electrons. The van der Waals surface area contributed by atoms with Gasteiger partial charge in [-0.25, -0.2) is 0 Å². The first-order valence-corrected chi connectivity index (χ1v) is 10.0. The van der Waals surface area contributed by atoms with Gasteiger partial charge in [0.25, 0.3) is 0 Å². The van der Waals surface area contributed by atoms with Crippen molar-refractivity contribution in [2.24, 2.45) is 4.99 Å². The lowest BCUT2D eigenvalue weighted by Crippen LogP contribution is -2.43. The van der Waals surface area contributed by atoms with Gasteiger partial charge in [0.05, 0.1) is 12.3 Å². The summed E-state index contributed by atoms with van der Waals surface area (Å²) in [7, 11) is 1.81. The quantitative estimate of drug-likeness (QED) is 0.392. The third-order valence-corrected chi connectivity index (χ3v) is 5.17. The van der Waals surface area contributed by atoms with Crippen LogP contribution in [0.2, 0.25) is 0 Å². The van der Waals surface area contributed by atoms with E-state index in [9.17, 15) is 0 Å². The minimum absolute atomic E-state index is 0.178. The predicted octanol–water partition coefficient (Wildman–Crippen LogP) is 3.55. The largest absolute Gasteiger partial charge is 0.468 e. The van der Waals surface area contributed by atoms with Crippen molar-refractivity contribution in [3.05, 3.63) is 60.2 Å². The molecule has 0 saturated carbocycles. The molecule has 0 saturated heterocycles. The van der Waals surface area contributed by atoms with Gasteiger partial charge >= 0.3 is 0 Å². The molecule has 1 aromatic carbocycles. The van der Waals surface area contributed by atoms with Crippen molar-refractivity contribution < 1.29 is 4.42 Å². The topological polar surface area (TPSA) is 68.6 Å². The van der Waals surface area contributed by atoms with Gasteiger partial charge in [-0.05, 0) is 43.3 Å². The standard InChI is InChI=1S/C22H31N5O/c1-4-27(5-2)20(21-11-8-14-28-21)16-26-22(23-3)24-13-12-17-15-25-19-10-7-6-9-18(17)19/h6-11,14-15,20,25H,4-5,12-13,16H2,1-3H3,(H2,23,24,26). The molecule has 0 aliphatic heterocycles. The third kappa shape index (κ3) is 4.75. The van der Waals surface area contributed by atoms with Crippen LogP contribution in [0.4, 0.5) is 0 Å². The Morgan fingerprint density at radius 2 is 1.96 bits per heavy atom. The van der Waals surface area contributed by atoms with Crippen molar-refractivity contribution >= 4 is 16.9 Å². The monoisotopic (exact) mass is 381 g/mol. The molecule has 3 aromatic rings. The molecular formula is C22H31N5O. The van der Waals surface area contributed by atoms with Crippen LogP contribution in [0.3, 0.4) is 0 Å². The SMILES string of the molecule is CCN(CC)C(CNC(=NC)NCCc1c[nH]c2ccccc12)c1ccco1. The average molecular weight is 382 g/mol. The van der Waals surface area contributed by atoms with Crippen LogP contribution in [0.25, 0.3) is 10.9 Å². The number of hydrogen-bond acceptors (Lipinski definition) is 3. The Morgan fingerprint density at radius 3 is 2.68 bits per heavy atom. The number of rotatable bonds is 9. The van der Waals surface area contributed by atoms with Crippen LogP contribution in [-0.4, -0.2) is 49.1 Å². The second-order valence-electron chi connectivity index (χ2n) is 6.74. The van der Waals surface area contributed by atoms with E-state index in [0.29, 0.717) is 0 Å². The number of aromatic amines is 1. The van der Waals surface area contributed by atoms with Gasteiger partial charge in [0.15, 0.2) is 5.96 Å². The summed E-state index contributed by atoms with van der Waals surface area (Å²) in [5.41, 5.74) is 2.50. The van der Waals surface area contributed by atoms with E-state index in [1.54, 1.807) is 13.3 Å². The summed E-state index contributed by atoms with van der Waals surface area (Å²) < 4.78 is 5.67. The number of likely N-dealkylation sites (N-methyl/N-ethyl adjacent to an activating group) is 1. The highest BCUT2D eigenvalue weighted by Gasteiger charge is 2.20. The Bertz CT molecular complexity index is 864. The molecule has 6 heteroatoms. The molecule has 0 aliphatic rings. The Kier molecular flexibility index (Phi) is 7.14. The fourth-order valence-electron chi connectivity index (χ4n) is 3.62. The molecule has 0 spiro atoms. The molecular weight excluding hydrogens is 350 g/mol. The predicted molar refractivity (Wildman–Crippen MR) is 116 cm³/mol. The van der Waals surface area contributed by atoms with Crippen LogP contribution < -0.4 is 10.6 Å². The van der Waals surface area contributed by atoms with Crippen molar-refractivity contribution in [3.8, 4) is 0 Å². The second kappa shape index (κ2) is 9.99. The number of furan rings is 1. The van der Waals surface area contributed by atoms with E-state index >= 15 is 0 Å². The van der Waals surface area contributed by atoms with Gasteiger partial charge in [0.1, 0.15) is 5.76 Å². The molecule has 3 N–H and O–H groups in total. The van der Waals surface area contributed by atoms with E-state index in [4.69, 9.17) is 4.42 Å². The molecule has 0 aliphatic carbocycles. The zero-order valence-electron chi connectivity index (χ0n) is 17.0. The molecule has 28 heavy (non-hydrogen) atoms. The molecule has 0 bridgehead atoms. The van der Waals surface area contributed by atoms with E-state index in [-0.39, 0.29) is 6.04 Å². The Hall–Kier alpha value is -2.73. The summed E-state index contributed by atoms with van der Waals surface area (Å²) in [6, 6.07) is 12.6. The highest BCUT2D eigenvalue weighted by Crippen LogP contribution is 2.20. The highest BCUT2D eigenvalue weighted by atomic mass is 16.3. The van der Waals surface area contributed by atoms with Gasteiger partial charge in [-0.15, -0.1) is 0 Å². The summed E-state index contributed by atoms with van der Waals surface area (Å²) in [5, 5.41) is 8.16. The minimum Gasteiger partial charge on any atom is -0.468 e. The normalized spacial score (nSPS) is 13.2. The maximum atomic E-state index is 5.67.